The molecule has 0 bridgehead atoms. The lowest BCUT2D eigenvalue weighted by atomic mass is 10.0. The number of H-pyrrole nitrogens is 1. The fourth-order valence-corrected chi connectivity index (χ4v) is 4.51. The predicted molar refractivity (Wildman–Crippen MR) is 163 cm³/mol. The Morgan fingerprint density at radius 2 is 1.40 bits per heavy atom. The first kappa shape index (κ1) is 32.4. The molecule has 1 aromatic heterocycles. The Morgan fingerprint density at radius 3 is 2.04 bits per heavy atom. The van der Waals surface area contributed by atoms with Gasteiger partial charge in [0.15, 0.2) is 0 Å². The van der Waals surface area contributed by atoms with E-state index in [-0.39, 0.29) is 17.7 Å². The molecule has 6 N–H and O–H groups in total. The topological polar surface area (TPSA) is 161 Å². The average molecular weight is 641 g/mol. The largest absolute Gasteiger partial charge is 0.490 e. The monoisotopic (exact) mass is 640 g/mol. The van der Waals surface area contributed by atoms with Crippen LogP contribution in [0.15, 0.2) is 91.1 Å². The summed E-state index contributed by atoms with van der Waals surface area (Å²) < 4.78 is 31.7. The van der Waals surface area contributed by atoms with Crippen LogP contribution in [-0.2, 0) is 16.0 Å². The van der Waals surface area contributed by atoms with Gasteiger partial charge < -0.3 is 31.1 Å². The van der Waals surface area contributed by atoms with Gasteiger partial charge >= 0.3 is 24.1 Å². The van der Waals surface area contributed by atoms with Crippen molar-refractivity contribution in [2.24, 2.45) is 0 Å². The maximum Gasteiger partial charge on any atom is 0.490 e. The van der Waals surface area contributed by atoms with Crippen LogP contribution >= 0.6 is 11.6 Å². The molecule has 0 aliphatic rings. The van der Waals surface area contributed by atoms with Crippen LogP contribution in [0.1, 0.15) is 15.9 Å². The number of fused-ring (bicyclic) bond motifs is 2. The lowest BCUT2D eigenvalue weighted by Gasteiger charge is -2.17. The van der Waals surface area contributed by atoms with Gasteiger partial charge in [-0.05, 0) is 46.7 Å². The molecule has 45 heavy (non-hydrogen) atoms. The predicted octanol–water partition coefficient (Wildman–Crippen LogP) is 6.68. The zero-order chi connectivity index (χ0) is 32.7. The van der Waals surface area contributed by atoms with E-state index in [4.69, 9.17) is 21.5 Å². The number of alkyl halides is 3. The summed E-state index contributed by atoms with van der Waals surface area (Å²) in [5.74, 6) is -4.56. The van der Waals surface area contributed by atoms with E-state index < -0.39 is 36.1 Å². The molecular formula is C31H24ClF3N4O6. The summed E-state index contributed by atoms with van der Waals surface area (Å²) in [6, 6.07) is 23.2. The number of amides is 3. The van der Waals surface area contributed by atoms with Crippen LogP contribution in [0, 0.1) is 0 Å². The summed E-state index contributed by atoms with van der Waals surface area (Å²) in [7, 11) is 0. The molecule has 232 valence electrons. The molecule has 3 amide bonds. The molecule has 0 fully saturated rings. The molecular weight excluding hydrogens is 617 g/mol. The van der Waals surface area contributed by atoms with Crippen molar-refractivity contribution in [2.45, 2.75) is 18.6 Å². The SMILES string of the molecule is O=C(Nc1ccccc1Cl)Nc1cc2ccccc2cc1C(=O)N[C@@H](Cc1c[nH]c2ccccc12)C(=O)O.O=C(O)C(F)(F)F. The summed E-state index contributed by atoms with van der Waals surface area (Å²) in [4.78, 5) is 50.4. The van der Waals surface area contributed by atoms with Crippen LogP contribution < -0.4 is 16.0 Å². The second kappa shape index (κ2) is 13.8. The van der Waals surface area contributed by atoms with Crippen molar-refractivity contribution in [1.29, 1.82) is 0 Å². The van der Waals surface area contributed by atoms with Crippen LogP contribution in [0.25, 0.3) is 21.7 Å². The van der Waals surface area contributed by atoms with Gasteiger partial charge in [0.1, 0.15) is 6.04 Å². The van der Waals surface area contributed by atoms with Crippen molar-refractivity contribution in [2.75, 3.05) is 10.6 Å². The number of hydrogen-bond acceptors (Lipinski definition) is 4. The Bertz CT molecular complexity index is 1890. The number of aliphatic carboxylic acids is 2. The van der Waals surface area contributed by atoms with Crippen molar-refractivity contribution in [3.63, 3.8) is 0 Å². The molecule has 1 heterocycles. The lowest BCUT2D eigenvalue weighted by Crippen LogP contribution is -2.42. The van der Waals surface area contributed by atoms with Crippen molar-refractivity contribution in [1.82, 2.24) is 10.3 Å². The van der Waals surface area contributed by atoms with E-state index in [1.54, 1.807) is 42.6 Å². The number of carbonyl (C=O) groups is 4. The number of carboxylic acid groups (broad SMARTS) is 2. The van der Waals surface area contributed by atoms with Crippen LogP contribution in [0.4, 0.5) is 29.3 Å². The van der Waals surface area contributed by atoms with Crippen molar-refractivity contribution >= 4 is 68.5 Å². The number of urea groups is 1. The van der Waals surface area contributed by atoms with Gasteiger partial charge in [-0.25, -0.2) is 14.4 Å². The summed E-state index contributed by atoms with van der Waals surface area (Å²) >= 11 is 6.15. The van der Waals surface area contributed by atoms with Gasteiger partial charge in [-0.1, -0.05) is 66.2 Å². The second-order valence-corrected chi connectivity index (χ2v) is 9.94. The summed E-state index contributed by atoms with van der Waals surface area (Å²) in [6.45, 7) is 0. The van der Waals surface area contributed by atoms with Gasteiger partial charge in [0, 0.05) is 23.5 Å². The molecule has 1 atom stereocenters. The van der Waals surface area contributed by atoms with Gasteiger partial charge in [-0.15, -0.1) is 0 Å². The first-order valence-corrected chi connectivity index (χ1v) is 13.5. The minimum Gasteiger partial charge on any atom is -0.480 e. The quantitative estimate of drug-likeness (QED) is 0.116. The molecule has 0 radical (unpaired) electrons. The number of nitrogens with one attached hydrogen (secondary N) is 4. The number of aromatic amines is 1. The second-order valence-electron chi connectivity index (χ2n) is 9.53. The molecule has 10 nitrogen and oxygen atoms in total. The number of aromatic nitrogens is 1. The van der Waals surface area contributed by atoms with Crippen molar-refractivity contribution < 1.29 is 42.6 Å². The molecule has 5 aromatic rings. The normalized spacial score (nSPS) is 11.6. The fraction of sp³-hybridized carbons (Fsp3) is 0.0968. The van der Waals surface area contributed by atoms with Crippen LogP contribution in [-0.4, -0.2) is 51.3 Å². The average Bonchev–Trinajstić information content (AvgIpc) is 3.40. The number of halogens is 4. The fourth-order valence-electron chi connectivity index (χ4n) is 4.33. The Kier molecular flexibility index (Phi) is 9.94. The van der Waals surface area contributed by atoms with Gasteiger partial charge in [0.25, 0.3) is 5.91 Å². The minimum absolute atomic E-state index is 0.0778. The van der Waals surface area contributed by atoms with E-state index in [1.807, 2.05) is 48.5 Å². The Morgan fingerprint density at radius 1 is 0.822 bits per heavy atom. The van der Waals surface area contributed by atoms with Gasteiger partial charge in [-0.3, -0.25) is 4.79 Å². The number of rotatable bonds is 7. The highest BCUT2D eigenvalue weighted by Crippen LogP contribution is 2.26. The minimum atomic E-state index is -5.08. The zero-order valence-electron chi connectivity index (χ0n) is 23.0. The molecule has 0 saturated heterocycles. The lowest BCUT2D eigenvalue weighted by molar-refractivity contribution is -0.192. The highest BCUT2D eigenvalue weighted by Gasteiger charge is 2.38. The molecule has 14 heteroatoms. The molecule has 0 aliphatic carbocycles. The summed E-state index contributed by atoms with van der Waals surface area (Å²) in [6.07, 6.45) is -3.26. The first-order valence-electron chi connectivity index (χ1n) is 13.1. The third-order valence-corrected chi connectivity index (χ3v) is 6.78. The van der Waals surface area contributed by atoms with E-state index in [1.165, 1.54) is 0 Å². The maximum atomic E-state index is 13.4. The van der Waals surface area contributed by atoms with E-state index in [2.05, 4.69) is 20.9 Å². The van der Waals surface area contributed by atoms with Crippen LogP contribution in [0.3, 0.4) is 0 Å². The van der Waals surface area contributed by atoms with E-state index in [9.17, 15) is 32.7 Å². The maximum absolute atomic E-state index is 13.4. The highest BCUT2D eigenvalue weighted by atomic mass is 35.5. The van der Waals surface area contributed by atoms with E-state index >= 15 is 0 Å². The molecule has 5 rings (SSSR count). The van der Waals surface area contributed by atoms with Crippen molar-refractivity contribution in [3.05, 3.63) is 107 Å². The summed E-state index contributed by atoms with van der Waals surface area (Å²) in [5, 5.41) is 27.8. The smallest absolute Gasteiger partial charge is 0.480 e. The number of hydrogen-bond donors (Lipinski definition) is 6. The van der Waals surface area contributed by atoms with Crippen LogP contribution in [0.2, 0.25) is 5.02 Å². The third kappa shape index (κ3) is 8.30. The first-order chi connectivity index (χ1) is 21.3. The van der Waals surface area contributed by atoms with Crippen LogP contribution in [0.5, 0.6) is 0 Å². The van der Waals surface area contributed by atoms with E-state index in [0.717, 1.165) is 27.2 Å². The van der Waals surface area contributed by atoms with Gasteiger partial charge in [-0.2, -0.15) is 13.2 Å². The van der Waals surface area contributed by atoms with Gasteiger partial charge in [0.05, 0.1) is 22.0 Å². The standard InChI is InChI=1S/C29H23ClN4O4.C2HF3O2/c30-22-10-4-6-12-24(22)33-29(38)34-25-14-18-8-2-1-7-17(18)13-21(25)27(35)32-26(28(36)37)15-19-16-31-23-11-5-3-9-20(19)23;3-2(4,5)1(6)7/h1-14,16,26,31H,15H2,(H,32,35)(H,36,37)(H2,33,34,38);(H,6,7)/t26-;/m0./s1. The molecule has 0 aliphatic heterocycles. The molecule has 0 unspecified atom stereocenters. The number of carboxylic acids is 2. The Balaban J connectivity index is 0.000000591. The number of anilines is 2. The third-order valence-electron chi connectivity index (χ3n) is 6.45. The van der Waals surface area contributed by atoms with E-state index in [0.29, 0.717) is 10.7 Å². The molecule has 0 spiro atoms. The summed E-state index contributed by atoms with van der Waals surface area (Å²) in [5.41, 5.74) is 2.40. The Labute approximate surface area is 257 Å². The number of para-hydroxylation sites is 2. The number of benzene rings is 4. The van der Waals surface area contributed by atoms with Crippen molar-refractivity contribution in [3.8, 4) is 0 Å². The molecule has 0 saturated carbocycles. The Hall–Kier alpha value is -5.56. The molecule has 4 aromatic carbocycles. The van der Waals surface area contributed by atoms with Gasteiger partial charge in [0.2, 0.25) is 0 Å². The highest BCUT2D eigenvalue weighted by molar-refractivity contribution is 6.33. The number of carbonyl (C=O) groups excluding carboxylic acids is 2. The zero-order valence-corrected chi connectivity index (χ0v) is 23.7.